The van der Waals surface area contributed by atoms with Crippen LogP contribution in [0, 0.1) is 5.92 Å². The summed E-state index contributed by atoms with van der Waals surface area (Å²) < 4.78 is 18.3. The molecule has 0 saturated carbocycles. The lowest BCUT2D eigenvalue weighted by Crippen LogP contribution is -2.51. The van der Waals surface area contributed by atoms with Gasteiger partial charge in [-0.15, -0.1) is 0 Å². The molecule has 0 radical (unpaired) electrons. The zero-order valence-corrected chi connectivity index (χ0v) is 29.3. The van der Waals surface area contributed by atoms with E-state index in [0.717, 1.165) is 70.6 Å². The van der Waals surface area contributed by atoms with E-state index in [1.54, 1.807) is 0 Å². The van der Waals surface area contributed by atoms with E-state index in [9.17, 15) is 14.4 Å². The first-order valence-electron chi connectivity index (χ1n) is 18.5. The number of ether oxygens (including phenoxy) is 3. The normalized spacial score (nSPS) is 14.1. The zero-order chi connectivity index (χ0) is 32.2. The van der Waals surface area contributed by atoms with Gasteiger partial charge in [0.2, 0.25) is 0 Å². The minimum Gasteiger partial charge on any atom is -0.462 e. The van der Waals surface area contributed by atoms with Crippen molar-refractivity contribution in [1.29, 1.82) is 0 Å². The molecule has 3 unspecified atom stereocenters. The molecule has 0 aromatic carbocycles. The molecule has 0 aliphatic carbocycles. The third-order valence-corrected chi connectivity index (χ3v) is 8.66. The van der Waals surface area contributed by atoms with Gasteiger partial charge in [-0.3, -0.25) is 14.4 Å². The third kappa shape index (κ3) is 20.1. The van der Waals surface area contributed by atoms with Crippen LogP contribution in [0.2, 0.25) is 0 Å². The smallest absolute Gasteiger partial charge is 0.309 e. The summed E-state index contributed by atoms with van der Waals surface area (Å²) >= 11 is 0. The minimum absolute atomic E-state index is 0.222. The molecule has 6 nitrogen and oxygen atoms in total. The summed E-state index contributed by atoms with van der Waals surface area (Å²) in [6.07, 6.45) is 22.8. The van der Waals surface area contributed by atoms with Crippen LogP contribution in [0.4, 0.5) is 0 Å². The highest BCUT2D eigenvalue weighted by molar-refractivity contribution is 5.72. The van der Waals surface area contributed by atoms with Crippen molar-refractivity contribution >= 4 is 17.9 Å². The predicted octanol–water partition coefficient (Wildman–Crippen LogP) is 11.2. The molecule has 0 spiro atoms. The molecule has 0 aliphatic heterocycles. The first kappa shape index (κ1) is 41.4. The number of esters is 3. The molecular weight excluding hydrogens is 540 g/mol. The van der Waals surface area contributed by atoms with E-state index in [1.165, 1.54) is 51.4 Å². The van der Waals surface area contributed by atoms with Crippen molar-refractivity contribution in [2.45, 2.75) is 214 Å². The highest BCUT2D eigenvalue weighted by atomic mass is 16.7. The van der Waals surface area contributed by atoms with E-state index in [4.69, 9.17) is 14.2 Å². The summed E-state index contributed by atoms with van der Waals surface area (Å²) in [4.78, 5) is 39.2. The van der Waals surface area contributed by atoms with Gasteiger partial charge in [0.25, 0.3) is 5.79 Å². The van der Waals surface area contributed by atoms with Crippen molar-refractivity contribution in [3.8, 4) is 0 Å². The van der Waals surface area contributed by atoms with Gasteiger partial charge in [0.05, 0.1) is 5.92 Å². The largest absolute Gasteiger partial charge is 0.462 e. The number of carbonyl (C=O) groups is 3. The van der Waals surface area contributed by atoms with Crippen LogP contribution in [0.5, 0.6) is 0 Å². The maximum Gasteiger partial charge on any atom is 0.309 e. The van der Waals surface area contributed by atoms with Crippen molar-refractivity contribution in [2.75, 3.05) is 0 Å². The molecule has 0 bridgehead atoms. The number of hydrogen-bond donors (Lipinski definition) is 0. The zero-order valence-electron chi connectivity index (χ0n) is 29.3. The Balaban J connectivity index is 5.42. The molecule has 43 heavy (non-hydrogen) atoms. The van der Waals surface area contributed by atoms with Gasteiger partial charge in [0, 0.05) is 25.7 Å². The Hall–Kier alpha value is -1.59. The average molecular weight is 611 g/mol. The average Bonchev–Trinajstić information content (AvgIpc) is 2.99. The van der Waals surface area contributed by atoms with Crippen LogP contribution in [-0.4, -0.2) is 29.8 Å². The Kier molecular flexibility index (Phi) is 26.9. The second-order valence-corrected chi connectivity index (χ2v) is 12.5. The maximum atomic E-state index is 13.2. The molecule has 0 rings (SSSR count). The van der Waals surface area contributed by atoms with Gasteiger partial charge in [-0.05, 0) is 32.1 Å². The molecule has 0 aromatic rings. The SMILES string of the molecule is CCCCCCCCCC(=O)OC(CC)C(CC)C(CC)(OC(=O)CCCCCCC)OC(=O)CCCCCCCCC. The Morgan fingerprint density at radius 2 is 0.814 bits per heavy atom. The van der Waals surface area contributed by atoms with Crippen LogP contribution in [0.15, 0.2) is 0 Å². The van der Waals surface area contributed by atoms with Crippen LogP contribution < -0.4 is 0 Å². The lowest BCUT2D eigenvalue weighted by atomic mass is 9.86. The number of unbranched alkanes of at least 4 members (excludes halogenated alkanes) is 16. The minimum atomic E-state index is -1.44. The van der Waals surface area contributed by atoms with Crippen molar-refractivity contribution in [3.05, 3.63) is 0 Å². The summed E-state index contributed by atoms with van der Waals surface area (Å²) in [6, 6.07) is 0. The monoisotopic (exact) mass is 611 g/mol. The highest BCUT2D eigenvalue weighted by Gasteiger charge is 2.48. The molecule has 3 atom stereocenters. The molecule has 0 amide bonds. The van der Waals surface area contributed by atoms with E-state index in [1.807, 2.05) is 20.8 Å². The van der Waals surface area contributed by atoms with E-state index < -0.39 is 17.8 Å². The molecule has 0 fully saturated rings. The molecule has 0 aliphatic rings. The Bertz CT molecular complexity index is 693. The first-order chi connectivity index (χ1) is 20.8. The summed E-state index contributed by atoms with van der Waals surface area (Å²) in [7, 11) is 0. The molecule has 6 heteroatoms. The van der Waals surface area contributed by atoms with Gasteiger partial charge in [-0.2, -0.15) is 0 Å². The molecule has 254 valence electrons. The van der Waals surface area contributed by atoms with Crippen LogP contribution in [0.1, 0.15) is 202 Å². The van der Waals surface area contributed by atoms with Crippen LogP contribution in [-0.2, 0) is 28.6 Å². The van der Waals surface area contributed by atoms with Crippen LogP contribution in [0.25, 0.3) is 0 Å². The number of hydrogen-bond acceptors (Lipinski definition) is 6. The fourth-order valence-corrected chi connectivity index (χ4v) is 5.93. The Morgan fingerprint density at radius 1 is 0.465 bits per heavy atom. The lowest BCUT2D eigenvalue weighted by Gasteiger charge is -2.41. The Labute approximate surface area is 266 Å². The van der Waals surface area contributed by atoms with E-state index in [2.05, 4.69) is 20.8 Å². The summed E-state index contributed by atoms with van der Waals surface area (Å²) in [5, 5.41) is 0. The number of rotatable bonds is 30. The van der Waals surface area contributed by atoms with Gasteiger partial charge < -0.3 is 14.2 Å². The van der Waals surface area contributed by atoms with Crippen molar-refractivity contribution < 1.29 is 28.6 Å². The lowest BCUT2D eigenvalue weighted by molar-refractivity contribution is -0.262. The van der Waals surface area contributed by atoms with Crippen molar-refractivity contribution in [1.82, 2.24) is 0 Å². The Morgan fingerprint density at radius 3 is 1.14 bits per heavy atom. The molecular formula is C37H70O6. The molecule has 0 aromatic heterocycles. The van der Waals surface area contributed by atoms with Crippen LogP contribution >= 0.6 is 0 Å². The van der Waals surface area contributed by atoms with Crippen molar-refractivity contribution in [2.24, 2.45) is 5.92 Å². The standard InChI is InChI=1S/C37H70O6/c1-7-13-16-19-21-24-26-29-34(38)41-33(11-5)32(10-4)37(12-6,42-35(39)30-27-23-18-15-9-3)43-36(40)31-28-25-22-20-17-14-8-2/h32-33H,7-31H2,1-6H3. The summed E-state index contributed by atoms with van der Waals surface area (Å²) in [6.45, 7) is 12.4. The molecule has 0 N–H and O–H groups in total. The second kappa shape index (κ2) is 27.9. The quantitative estimate of drug-likeness (QED) is 0.0457. The molecule has 0 saturated heterocycles. The van der Waals surface area contributed by atoms with Gasteiger partial charge in [0.15, 0.2) is 0 Å². The summed E-state index contributed by atoms with van der Waals surface area (Å²) in [5.41, 5.74) is 0. The second-order valence-electron chi connectivity index (χ2n) is 12.5. The third-order valence-electron chi connectivity index (χ3n) is 8.66. The van der Waals surface area contributed by atoms with E-state index in [0.29, 0.717) is 38.5 Å². The molecule has 0 heterocycles. The summed E-state index contributed by atoms with van der Waals surface area (Å²) in [5.74, 6) is -2.77. The fraction of sp³-hybridized carbons (Fsp3) is 0.919. The van der Waals surface area contributed by atoms with E-state index >= 15 is 0 Å². The first-order valence-corrected chi connectivity index (χ1v) is 18.5. The van der Waals surface area contributed by atoms with E-state index in [-0.39, 0.29) is 17.9 Å². The van der Waals surface area contributed by atoms with Gasteiger partial charge >= 0.3 is 17.9 Å². The van der Waals surface area contributed by atoms with Crippen LogP contribution in [0.3, 0.4) is 0 Å². The topological polar surface area (TPSA) is 78.9 Å². The maximum absolute atomic E-state index is 13.2. The predicted molar refractivity (Wildman–Crippen MR) is 178 cm³/mol. The van der Waals surface area contributed by atoms with Gasteiger partial charge in [0.1, 0.15) is 6.10 Å². The number of carbonyl (C=O) groups excluding carboxylic acids is 3. The van der Waals surface area contributed by atoms with Crippen molar-refractivity contribution in [3.63, 3.8) is 0 Å². The highest BCUT2D eigenvalue weighted by Crippen LogP contribution is 2.37. The van der Waals surface area contributed by atoms with Gasteiger partial charge in [-0.1, -0.05) is 144 Å². The fourth-order valence-electron chi connectivity index (χ4n) is 5.93. The van der Waals surface area contributed by atoms with Gasteiger partial charge in [-0.25, -0.2) is 0 Å².